The van der Waals surface area contributed by atoms with E-state index in [1.54, 1.807) is 0 Å². The van der Waals surface area contributed by atoms with Crippen molar-refractivity contribution in [1.82, 2.24) is 0 Å². The minimum Gasteiger partial charge on any atom is -0.462 e. The number of phosphoric acid groups is 2. The molecule has 17 nitrogen and oxygen atoms in total. The van der Waals surface area contributed by atoms with Crippen molar-refractivity contribution >= 4 is 39.5 Å². The van der Waals surface area contributed by atoms with E-state index in [0.29, 0.717) is 25.7 Å². The number of esters is 4. The number of ether oxygens (including phenoxy) is 4. The van der Waals surface area contributed by atoms with Gasteiger partial charge in [-0.2, -0.15) is 0 Å². The quantitative estimate of drug-likeness (QED) is 0.0222. The molecule has 0 aromatic carbocycles. The maximum atomic E-state index is 13.0. The van der Waals surface area contributed by atoms with E-state index in [4.69, 9.17) is 37.0 Å². The molecule has 0 aliphatic rings. The normalized spacial score (nSPS) is 14.2. The van der Waals surface area contributed by atoms with Crippen LogP contribution in [0, 0.1) is 5.92 Å². The van der Waals surface area contributed by atoms with Gasteiger partial charge in [-0.05, 0) is 31.6 Å². The molecule has 84 heavy (non-hydrogen) atoms. The summed E-state index contributed by atoms with van der Waals surface area (Å²) in [6.45, 7) is 7.16. The lowest BCUT2D eigenvalue weighted by Gasteiger charge is -2.21. The highest BCUT2D eigenvalue weighted by atomic mass is 31.2. The van der Waals surface area contributed by atoms with Crippen molar-refractivity contribution in [2.45, 2.75) is 348 Å². The van der Waals surface area contributed by atoms with Gasteiger partial charge in [0, 0.05) is 25.7 Å². The summed E-state index contributed by atoms with van der Waals surface area (Å²) < 4.78 is 68.0. The Morgan fingerprint density at radius 1 is 0.321 bits per heavy atom. The summed E-state index contributed by atoms with van der Waals surface area (Å²) in [5.74, 6) is -1.37. The Balaban J connectivity index is 5.21. The second kappa shape index (κ2) is 58.7. The van der Waals surface area contributed by atoms with Gasteiger partial charge in [0.1, 0.15) is 19.3 Å². The van der Waals surface area contributed by atoms with Crippen LogP contribution >= 0.6 is 15.6 Å². The predicted octanol–water partition coefficient (Wildman–Crippen LogP) is 18.2. The summed E-state index contributed by atoms with van der Waals surface area (Å²) in [6, 6.07) is 0. The minimum atomic E-state index is -4.94. The van der Waals surface area contributed by atoms with Crippen LogP contribution < -0.4 is 0 Å². The van der Waals surface area contributed by atoms with E-state index in [1.807, 2.05) is 0 Å². The van der Waals surface area contributed by atoms with Gasteiger partial charge in [-0.15, -0.1) is 0 Å². The zero-order chi connectivity index (χ0) is 62.0. The van der Waals surface area contributed by atoms with Crippen LogP contribution in [0.15, 0.2) is 0 Å². The number of carbonyl (C=O) groups excluding carboxylic acids is 4. The maximum Gasteiger partial charge on any atom is 0.472 e. The van der Waals surface area contributed by atoms with E-state index >= 15 is 0 Å². The molecule has 2 unspecified atom stereocenters. The molecule has 0 rings (SSSR count). The van der Waals surface area contributed by atoms with Crippen molar-refractivity contribution < 1.29 is 80.2 Å². The summed E-state index contributed by atoms with van der Waals surface area (Å²) in [5, 5.41) is 10.5. The Morgan fingerprint density at radius 2 is 0.548 bits per heavy atom. The Morgan fingerprint density at radius 3 is 0.810 bits per heavy atom. The summed E-state index contributed by atoms with van der Waals surface area (Å²) in [7, 11) is -9.88. The van der Waals surface area contributed by atoms with E-state index in [1.165, 1.54) is 141 Å². The van der Waals surface area contributed by atoms with Crippen LogP contribution in [-0.2, 0) is 65.4 Å². The van der Waals surface area contributed by atoms with Crippen molar-refractivity contribution in [3.63, 3.8) is 0 Å². The van der Waals surface area contributed by atoms with Gasteiger partial charge >= 0.3 is 39.5 Å². The lowest BCUT2D eigenvalue weighted by Crippen LogP contribution is -2.30. The van der Waals surface area contributed by atoms with Crippen molar-refractivity contribution in [3.8, 4) is 0 Å². The molecule has 0 radical (unpaired) electrons. The number of hydrogen-bond donors (Lipinski definition) is 3. The molecule has 0 aliphatic carbocycles. The molecule has 0 aliphatic heterocycles. The van der Waals surface area contributed by atoms with Crippen LogP contribution in [0.2, 0.25) is 0 Å². The number of rotatable bonds is 65. The van der Waals surface area contributed by atoms with E-state index in [2.05, 4.69) is 34.6 Å². The zero-order valence-corrected chi connectivity index (χ0v) is 55.8. The molecule has 3 N–H and O–H groups in total. The summed E-state index contributed by atoms with van der Waals surface area (Å²) >= 11 is 0. The fraction of sp³-hybridized carbons (Fsp3) is 0.938. The number of hydrogen-bond acceptors (Lipinski definition) is 15. The number of unbranched alkanes of at least 4 members (excludes halogenated alkanes) is 37. The predicted molar refractivity (Wildman–Crippen MR) is 335 cm³/mol. The molecule has 0 spiro atoms. The Bertz CT molecular complexity index is 1640. The third-order valence-corrected chi connectivity index (χ3v) is 16.9. The maximum absolute atomic E-state index is 13.0. The molecule has 0 aromatic heterocycles. The Kier molecular flexibility index (Phi) is 57.4. The Hall–Kier alpha value is -1.94. The molecule has 0 aromatic rings. The number of phosphoric ester groups is 2. The first kappa shape index (κ1) is 82.1. The van der Waals surface area contributed by atoms with Crippen molar-refractivity contribution in [1.29, 1.82) is 0 Å². The highest BCUT2D eigenvalue weighted by molar-refractivity contribution is 7.47. The monoisotopic (exact) mass is 1240 g/mol. The molecular formula is C65H126O17P2. The number of aliphatic hydroxyl groups is 1. The van der Waals surface area contributed by atoms with Crippen molar-refractivity contribution in [2.24, 2.45) is 5.92 Å². The van der Waals surface area contributed by atoms with Crippen LogP contribution in [0.4, 0.5) is 0 Å². The molecule has 0 saturated carbocycles. The highest BCUT2D eigenvalue weighted by Gasteiger charge is 2.30. The SMILES string of the molecule is CCCCCCCCCCCCCCCC(=O)OC[C@H](COP(=O)(O)OC[C@@H](O)COP(=O)(O)OC[C@@H](COC(=O)CCCCCCCCC)OC(=O)CCCCCCCCCCCC)OC(=O)CCCCCCCCCCCCCC(C)C. The largest absolute Gasteiger partial charge is 0.472 e. The van der Waals surface area contributed by atoms with Gasteiger partial charge in [-0.1, -0.05) is 279 Å². The molecule has 0 amide bonds. The highest BCUT2D eigenvalue weighted by Crippen LogP contribution is 2.45. The summed E-state index contributed by atoms with van der Waals surface area (Å²) in [4.78, 5) is 72.2. The van der Waals surface area contributed by atoms with Crippen LogP contribution in [-0.4, -0.2) is 96.7 Å². The fourth-order valence-electron chi connectivity index (χ4n) is 9.76. The molecule has 5 atom stereocenters. The van der Waals surface area contributed by atoms with Gasteiger partial charge in [0.05, 0.1) is 26.4 Å². The average molecular weight is 1240 g/mol. The van der Waals surface area contributed by atoms with Gasteiger partial charge in [-0.3, -0.25) is 37.3 Å². The first-order valence-electron chi connectivity index (χ1n) is 34.1. The standard InChI is InChI=1S/C65H126O17P2/c1-6-9-12-15-18-20-22-23-26-30-34-39-44-49-63(68)76-55-61(82-65(70)51-46-41-36-31-27-24-25-28-33-37-42-47-58(4)5)57-80-84(73,74)78-53-59(66)52-77-83(71,72)79-56-60(54-75-62(67)48-43-38-32-17-14-11-8-3)81-64(69)50-45-40-35-29-21-19-16-13-10-7-2/h58-61,66H,6-57H2,1-5H3,(H,71,72)(H,73,74)/t59-,60+,61+/m0/s1. The third-order valence-electron chi connectivity index (χ3n) is 15.0. The van der Waals surface area contributed by atoms with Crippen LogP contribution in [0.1, 0.15) is 330 Å². The molecule has 19 heteroatoms. The smallest absolute Gasteiger partial charge is 0.462 e. The molecule has 0 heterocycles. The number of carbonyl (C=O) groups is 4. The second-order valence-corrected chi connectivity index (χ2v) is 26.9. The van der Waals surface area contributed by atoms with Crippen LogP contribution in [0.25, 0.3) is 0 Å². The molecule has 0 bridgehead atoms. The Labute approximate surface area is 511 Å². The first-order chi connectivity index (χ1) is 40.5. The molecule has 0 fully saturated rings. The molecular weight excluding hydrogens is 1110 g/mol. The van der Waals surface area contributed by atoms with E-state index in [9.17, 15) is 43.2 Å². The molecule has 498 valence electrons. The first-order valence-corrected chi connectivity index (χ1v) is 37.1. The van der Waals surface area contributed by atoms with E-state index in [0.717, 1.165) is 109 Å². The zero-order valence-electron chi connectivity index (χ0n) is 54.0. The second-order valence-electron chi connectivity index (χ2n) is 24.0. The lowest BCUT2D eigenvalue weighted by atomic mass is 10.0. The lowest BCUT2D eigenvalue weighted by molar-refractivity contribution is -0.161. The van der Waals surface area contributed by atoms with E-state index in [-0.39, 0.29) is 25.7 Å². The minimum absolute atomic E-state index is 0.106. The van der Waals surface area contributed by atoms with Gasteiger partial charge in [0.25, 0.3) is 0 Å². The van der Waals surface area contributed by atoms with Gasteiger partial charge in [0.15, 0.2) is 12.2 Å². The van der Waals surface area contributed by atoms with Gasteiger partial charge in [-0.25, -0.2) is 9.13 Å². The van der Waals surface area contributed by atoms with E-state index < -0.39 is 97.5 Å². The average Bonchev–Trinajstić information content (AvgIpc) is 3.66. The topological polar surface area (TPSA) is 237 Å². The third kappa shape index (κ3) is 59.0. The van der Waals surface area contributed by atoms with Gasteiger partial charge < -0.3 is 33.8 Å². The van der Waals surface area contributed by atoms with Crippen molar-refractivity contribution in [2.75, 3.05) is 39.6 Å². The van der Waals surface area contributed by atoms with Crippen LogP contribution in [0.5, 0.6) is 0 Å². The van der Waals surface area contributed by atoms with Gasteiger partial charge in [0.2, 0.25) is 0 Å². The summed E-state index contributed by atoms with van der Waals surface area (Å²) in [5.41, 5.74) is 0. The van der Waals surface area contributed by atoms with Crippen molar-refractivity contribution in [3.05, 3.63) is 0 Å². The van der Waals surface area contributed by atoms with Crippen LogP contribution in [0.3, 0.4) is 0 Å². The summed E-state index contributed by atoms with van der Waals surface area (Å²) in [6.07, 6.45) is 43.1. The number of aliphatic hydroxyl groups excluding tert-OH is 1. The fourth-order valence-corrected chi connectivity index (χ4v) is 11.3. The molecule has 0 saturated heterocycles.